The van der Waals surface area contributed by atoms with Crippen molar-refractivity contribution in [2.75, 3.05) is 52.8 Å². The van der Waals surface area contributed by atoms with Gasteiger partial charge in [-0.05, 0) is 26.8 Å². The number of nitrogens with zero attached hydrogens (tertiary/aromatic N) is 4. The second-order valence-electron chi connectivity index (χ2n) is 7.45. The predicted octanol–water partition coefficient (Wildman–Crippen LogP) is 4.31. The maximum Gasteiger partial charge on any atom is 0.432 e. The third-order valence-corrected chi connectivity index (χ3v) is 5.55. The molecule has 0 saturated heterocycles. The first kappa shape index (κ1) is 32.3. The number of halogens is 5. The molecule has 0 aromatic heterocycles. The van der Waals surface area contributed by atoms with Crippen molar-refractivity contribution in [2.24, 2.45) is 10.8 Å². The van der Waals surface area contributed by atoms with Crippen molar-refractivity contribution in [3.8, 4) is 0 Å². The molecule has 0 aromatic rings. The zero-order valence-corrected chi connectivity index (χ0v) is 22.8. The lowest BCUT2D eigenvalue weighted by molar-refractivity contribution is -0.133. The van der Waals surface area contributed by atoms with Crippen LogP contribution in [0.15, 0.2) is 39.8 Å². The van der Waals surface area contributed by atoms with E-state index in [9.17, 15) is 18.0 Å². The van der Waals surface area contributed by atoms with Crippen molar-refractivity contribution < 1.29 is 22.7 Å². The molecule has 2 N–H and O–H groups in total. The number of alkyl halides is 4. The summed E-state index contributed by atoms with van der Waals surface area (Å²) in [6.07, 6.45) is -1.13. The molecule has 0 spiro atoms. The van der Waals surface area contributed by atoms with Gasteiger partial charge in [0.2, 0.25) is 5.91 Å². The fourth-order valence-electron chi connectivity index (χ4n) is 3.15. The number of hydrogen-bond acceptors (Lipinski definition) is 6. The maximum atomic E-state index is 13.0. The standard InChI is InChI=1S/C22H36BrClF3N5O2/c1-7-18(13-19(34-6)17(4)23)30(5)15-16(3)32(8-2)21(33)9-11-31(12-10-28)29-20(14-24)22(25,26)27/h7,13,16H,1,8-12,14-15,28H2,2-6H3/b18-13+,19-17-,29-20+. The summed E-state index contributed by atoms with van der Waals surface area (Å²) in [4.78, 5) is 16.5. The Balaban J connectivity index is 5.37. The van der Waals surface area contributed by atoms with Crippen LogP contribution in [0.25, 0.3) is 0 Å². The molecule has 0 bridgehead atoms. The van der Waals surface area contributed by atoms with Crippen LogP contribution in [-0.2, 0) is 9.53 Å². The molecule has 12 heteroatoms. The summed E-state index contributed by atoms with van der Waals surface area (Å²) >= 11 is 8.80. The van der Waals surface area contributed by atoms with E-state index < -0.39 is 17.8 Å². The van der Waals surface area contributed by atoms with Crippen LogP contribution in [0, 0.1) is 0 Å². The third-order valence-electron chi connectivity index (χ3n) is 4.91. The lowest BCUT2D eigenvalue weighted by Crippen LogP contribution is -2.45. The highest BCUT2D eigenvalue weighted by molar-refractivity contribution is 9.11. The lowest BCUT2D eigenvalue weighted by Gasteiger charge is -2.33. The summed E-state index contributed by atoms with van der Waals surface area (Å²) in [6.45, 7) is 10.6. The summed E-state index contributed by atoms with van der Waals surface area (Å²) in [6, 6.07) is -0.175. The second-order valence-corrected chi connectivity index (χ2v) is 8.91. The van der Waals surface area contributed by atoms with Gasteiger partial charge < -0.3 is 20.3 Å². The Morgan fingerprint density at radius 1 is 1.35 bits per heavy atom. The third kappa shape index (κ3) is 11.1. The Bertz CT molecular complexity index is 755. The Morgan fingerprint density at radius 2 is 1.97 bits per heavy atom. The normalized spacial score (nSPS) is 14.3. The van der Waals surface area contributed by atoms with E-state index in [0.717, 1.165) is 15.2 Å². The van der Waals surface area contributed by atoms with Gasteiger partial charge in [0.05, 0.1) is 13.0 Å². The van der Waals surface area contributed by atoms with Crippen molar-refractivity contribution in [2.45, 2.75) is 39.4 Å². The molecule has 0 saturated carbocycles. The number of amides is 1. The van der Waals surface area contributed by atoms with Gasteiger partial charge in [-0.2, -0.15) is 18.3 Å². The van der Waals surface area contributed by atoms with Crippen LogP contribution < -0.4 is 5.73 Å². The molecule has 0 fully saturated rings. The number of carbonyl (C=O) groups is 1. The van der Waals surface area contributed by atoms with Crippen LogP contribution in [0.3, 0.4) is 0 Å². The van der Waals surface area contributed by atoms with E-state index in [4.69, 9.17) is 22.1 Å². The molecular formula is C22H36BrClF3N5O2. The van der Waals surface area contributed by atoms with Gasteiger partial charge in [-0.1, -0.05) is 22.5 Å². The van der Waals surface area contributed by atoms with Crippen molar-refractivity contribution in [3.63, 3.8) is 0 Å². The van der Waals surface area contributed by atoms with Gasteiger partial charge in [0, 0.05) is 68.5 Å². The molecule has 7 nitrogen and oxygen atoms in total. The minimum atomic E-state index is -4.64. The topological polar surface area (TPSA) is 74.4 Å². The van der Waals surface area contributed by atoms with Gasteiger partial charge in [-0.15, -0.1) is 11.6 Å². The highest BCUT2D eigenvalue weighted by Crippen LogP contribution is 2.20. The van der Waals surface area contributed by atoms with E-state index in [2.05, 4.69) is 27.6 Å². The highest BCUT2D eigenvalue weighted by Gasteiger charge is 2.35. The van der Waals surface area contributed by atoms with Gasteiger partial charge in [0.15, 0.2) is 5.71 Å². The lowest BCUT2D eigenvalue weighted by atomic mass is 10.2. The molecule has 0 aromatic carbocycles. The average molecular weight is 575 g/mol. The Kier molecular flexibility index (Phi) is 15.2. The summed E-state index contributed by atoms with van der Waals surface area (Å²) < 4.78 is 45.2. The van der Waals surface area contributed by atoms with E-state index >= 15 is 0 Å². The first-order chi connectivity index (χ1) is 15.9. The van der Waals surface area contributed by atoms with E-state index in [0.29, 0.717) is 18.8 Å². The summed E-state index contributed by atoms with van der Waals surface area (Å²) in [7, 11) is 3.45. The summed E-state index contributed by atoms with van der Waals surface area (Å²) in [5.41, 5.74) is 5.18. The van der Waals surface area contributed by atoms with Crippen molar-refractivity contribution in [3.05, 3.63) is 34.7 Å². The first-order valence-corrected chi connectivity index (χ1v) is 12.1. The molecule has 1 atom stereocenters. The van der Waals surface area contributed by atoms with Crippen molar-refractivity contribution in [1.29, 1.82) is 0 Å². The van der Waals surface area contributed by atoms with E-state index in [-0.39, 0.29) is 38.0 Å². The van der Waals surface area contributed by atoms with Crippen LogP contribution in [0.2, 0.25) is 0 Å². The van der Waals surface area contributed by atoms with Crippen LogP contribution in [0.4, 0.5) is 13.2 Å². The molecule has 34 heavy (non-hydrogen) atoms. The van der Waals surface area contributed by atoms with Gasteiger partial charge in [-0.3, -0.25) is 9.80 Å². The predicted molar refractivity (Wildman–Crippen MR) is 136 cm³/mol. The molecule has 0 aliphatic rings. The minimum Gasteiger partial charge on any atom is -0.496 e. The van der Waals surface area contributed by atoms with Gasteiger partial charge >= 0.3 is 6.18 Å². The number of methoxy groups -OCH3 is 1. The average Bonchev–Trinajstić information content (AvgIpc) is 2.75. The Hall–Kier alpha value is -1.72. The van der Waals surface area contributed by atoms with Crippen LogP contribution in [0.5, 0.6) is 0 Å². The molecule has 1 amide bonds. The molecule has 0 rings (SSSR count). The van der Waals surface area contributed by atoms with E-state index in [1.54, 1.807) is 18.1 Å². The monoisotopic (exact) mass is 573 g/mol. The summed E-state index contributed by atoms with van der Waals surface area (Å²) in [5.74, 6) is -0.331. The molecule has 0 aliphatic carbocycles. The maximum absolute atomic E-state index is 13.0. The SMILES string of the molecule is C=C/C(=C\C(OC)=C(/C)Br)N(C)CC(C)N(CC)C(=O)CCN(CCN)/N=C(\CCl)C(F)(F)F. The number of nitrogens with two attached hydrogens (primary N) is 1. The molecule has 196 valence electrons. The fourth-order valence-corrected chi connectivity index (χ4v) is 3.63. The van der Waals surface area contributed by atoms with Crippen LogP contribution in [0.1, 0.15) is 27.2 Å². The van der Waals surface area contributed by atoms with Crippen LogP contribution >= 0.6 is 27.5 Å². The zero-order valence-electron chi connectivity index (χ0n) is 20.5. The number of carbonyl (C=O) groups excluding carboxylic acids is 1. The van der Waals surface area contributed by atoms with Crippen molar-refractivity contribution in [1.82, 2.24) is 14.8 Å². The molecule has 0 radical (unpaired) electrons. The van der Waals surface area contributed by atoms with Gasteiger partial charge in [-0.25, -0.2) is 0 Å². The summed E-state index contributed by atoms with van der Waals surface area (Å²) in [5, 5.41) is 4.73. The number of rotatable bonds is 15. The zero-order chi connectivity index (χ0) is 26.5. The molecule has 1 unspecified atom stereocenters. The minimum absolute atomic E-state index is 0.00407. The highest BCUT2D eigenvalue weighted by atomic mass is 79.9. The first-order valence-electron chi connectivity index (χ1n) is 10.8. The molecular weight excluding hydrogens is 539 g/mol. The van der Waals surface area contributed by atoms with Crippen LogP contribution in [-0.4, -0.2) is 91.4 Å². The van der Waals surface area contributed by atoms with E-state index in [1.165, 1.54) is 0 Å². The number of hydrazone groups is 1. The fraction of sp³-hybridized carbons (Fsp3) is 0.636. The number of allylic oxidation sites excluding steroid dienone is 3. The number of hydrogen-bond donors (Lipinski definition) is 1. The quantitative estimate of drug-likeness (QED) is 0.104. The largest absolute Gasteiger partial charge is 0.496 e. The molecule has 0 aliphatic heterocycles. The smallest absolute Gasteiger partial charge is 0.432 e. The molecule has 0 heterocycles. The number of ether oxygens (including phenoxy) is 1. The second kappa shape index (κ2) is 16.0. The van der Waals surface area contributed by atoms with E-state index in [1.807, 2.05) is 38.8 Å². The number of likely N-dealkylation sites (N-methyl/N-ethyl adjacent to an activating group) is 2. The Labute approximate surface area is 214 Å². The van der Waals surface area contributed by atoms with Crippen molar-refractivity contribution >= 4 is 39.1 Å². The van der Waals surface area contributed by atoms with Gasteiger partial charge in [0.25, 0.3) is 0 Å². The van der Waals surface area contributed by atoms with Gasteiger partial charge in [0.1, 0.15) is 5.76 Å². The Morgan fingerprint density at radius 3 is 2.38 bits per heavy atom.